The Morgan fingerprint density at radius 2 is 1.63 bits per heavy atom. The zero-order valence-corrected chi connectivity index (χ0v) is 15.7. The third-order valence-corrected chi connectivity index (χ3v) is 3.96. The Balaban J connectivity index is 1.87. The van der Waals surface area contributed by atoms with Crippen LogP contribution in [0.25, 0.3) is 0 Å². The molecule has 2 aromatic rings. The lowest BCUT2D eigenvalue weighted by Crippen LogP contribution is -2.32. The number of nitrogens with one attached hydrogen (secondary N) is 2. The summed E-state index contributed by atoms with van der Waals surface area (Å²) < 4.78 is 5.04. The zero-order chi connectivity index (χ0) is 19.6. The van der Waals surface area contributed by atoms with Crippen LogP contribution in [-0.4, -0.2) is 38.2 Å². The van der Waals surface area contributed by atoms with Crippen molar-refractivity contribution >= 4 is 29.4 Å². The van der Waals surface area contributed by atoms with Gasteiger partial charge in [-0.3, -0.25) is 9.59 Å². The molecule has 0 unspecified atom stereocenters. The van der Waals surface area contributed by atoms with E-state index in [1.807, 2.05) is 24.3 Å². The van der Waals surface area contributed by atoms with Crippen molar-refractivity contribution in [3.63, 3.8) is 0 Å². The lowest BCUT2D eigenvalue weighted by Gasteiger charge is -2.20. The van der Waals surface area contributed by atoms with E-state index in [9.17, 15) is 9.59 Å². The molecule has 7 heteroatoms. The molecule has 2 amide bonds. The monoisotopic (exact) mass is 368 g/mol. The van der Waals surface area contributed by atoms with Crippen LogP contribution in [-0.2, 0) is 9.59 Å². The molecule has 0 saturated carbocycles. The Hall–Kier alpha value is -3.35. The minimum Gasteiger partial charge on any atom is -0.497 e. The molecule has 0 radical (unpaired) electrons. The second kappa shape index (κ2) is 9.96. The van der Waals surface area contributed by atoms with Crippen LogP contribution in [0.3, 0.4) is 0 Å². The van der Waals surface area contributed by atoms with Crippen molar-refractivity contribution in [3.8, 4) is 5.75 Å². The van der Waals surface area contributed by atoms with Crippen LogP contribution in [0, 0.1) is 0 Å². The number of hydrazone groups is 1. The van der Waals surface area contributed by atoms with Crippen molar-refractivity contribution in [2.75, 3.05) is 30.4 Å². The molecule has 0 aliphatic rings. The van der Waals surface area contributed by atoms with Crippen LogP contribution >= 0.6 is 0 Å². The molecular weight excluding hydrogens is 344 g/mol. The van der Waals surface area contributed by atoms with Crippen molar-refractivity contribution < 1.29 is 14.3 Å². The van der Waals surface area contributed by atoms with E-state index in [1.54, 1.807) is 31.4 Å². The maximum atomic E-state index is 11.9. The molecule has 2 rings (SSSR count). The first-order valence-corrected chi connectivity index (χ1v) is 8.70. The van der Waals surface area contributed by atoms with Gasteiger partial charge in [0.05, 0.1) is 13.3 Å². The Morgan fingerprint density at radius 1 is 1.00 bits per heavy atom. The van der Waals surface area contributed by atoms with Crippen molar-refractivity contribution in [3.05, 3.63) is 54.1 Å². The Bertz CT molecular complexity index is 782. The van der Waals surface area contributed by atoms with Gasteiger partial charge in [-0.15, -0.1) is 0 Å². The summed E-state index contributed by atoms with van der Waals surface area (Å²) in [6, 6.07) is 14.5. The number of hydrogen-bond donors (Lipinski definition) is 2. The van der Waals surface area contributed by atoms with Gasteiger partial charge in [-0.25, -0.2) is 5.43 Å². The third kappa shape index (κ3) is 5.85. The first kappa shape index (κ1) is 20.0. The smallest absolute Gasteiger partial charge is 0.329 e. The summed E-state index contributed by atoms with van der Waals surface area (Å²) in [4.78, 5) is 25.9. The average Bonchev–Trinajstić information content (AvgIpc) is 2.70. The van der Waals surface area contributed by atoms with E-state index in [-0.39, 0.29) is 0 Å². The van der Waals surface area contributed by atoms with Gasteiger partial charge in [0.2, 0.25) is 0 Å². The molecule has 0 aliphatic carbocycles. The summed E-state index contributed by atoms with van der Waals surface area (Å²) in [7, 11) is 1.55. The average molecular weight is 368 g/mol. The minimum absolute atomic E-state index is 0.493. The third-order valence-electron chi connectivity index (χ3n) is 3.96. The largest absolute Gasteiger partial charge is 0.497 e. The Labute approximate surface area is 159 Å². The molecule has 2 aromatic carbocycles. The standard InChI is InChI=1S/C20H24N4O3/c1-4-24(5-2)17-10-6-15(7-11-17)14-21-23-20(26)19(25)22-16-8-12-18(27-3)13-9-16/h6-14H,4-5H2,1-3H3,(H,22,25)(H,23,26)/b21-14+. The Morgan fingerprint density at radius 3 is 2.19 bits per heavy atom. The van der Waals surface area contributed by atoms with Crippen LogP contribution in [0.4, 0.5) is 11.4 Å². The van der Waals surface area contributed by atoms with Crippen molar-refractivity contribution in [1.82, 2.24) is 5.43 Å². The Kier molecular flexibility index (Phi) is 7.37. The summed E-state index contributed by atoms with van der Waals surface area (Å²) >= 11 is 0. The first-order valence-electron chi connectivity index (χ1n) is 8.70. The molecular formula is C20H24N4O3. The highest BCUT2D eigenvalue weighted by molar-refractivity contribution is 6.39. The first-order chi connectivity index (χ1) is 13.1. The van der Waals surface area contributed by atoms with Gasteiger partial charge in [0.1, 0.15) is 5.75 Å². The van der Waals surface area contributed by atoms with E-state index in [0.29, 0.717) is 11.4 Å². The highest BCUT2D eigenvalue weighted by atomic mass is 16.5. The topological polar surface area (TPSA) is 83.0 Å². The van der Waals surface area contributed by atoms with Crippen LogP contribution < -0.4 is 20.4 Å². The van der Waals surface area contributed by atoms with Crippen LogP contribution in [0.5, 0.6) is 5.75 Å². The molecule has 0 saturated heterocycles. The quantitative estimate of drug-likeness (QED) is 0.447. The minimum atomic E-state index is -0.846. The highest BCUT2D eigenvalue weighted by Gasteiger charge is 2.12. The number of anilines is 2. The molecule has 0 spiro atoms. The van der Waals surface area contributed by atoms with Crippen LogP contribution in [0.1, 0.15) is 19.4 Å². The predicted molar refractivity (Wildman–Crippen MR) is 107 cm³/mol. The summed E-state index contributed by atoms with van der Waals surface area (Å²) in [5.74, 6) is -0.981. The number of benzene rings is 2. The zero-order valence-electron chi connectivity index (χ0n) is 15.7. The maximum absolute atomic E-state index is 11.9. The van der Waals surface area contributed by atoms with Gasteiger partial charge in [-0.05, 0) is 55.8 Å². The maximum Gasteiger partial charge on any atom is 0.329 e. The van der Waals surface area contributed by atoms with Crippen molar-refractivity contribution in [1.29, 1.82) is 0 Å². The second-order valence-corrected chi connectivity index (χ2v) is 5.65. The van der Waals surface area contributed by atoms with Gasteiger partial charge < -0.3 is 15.0 Å². The van der Waals surface area contributed by atoms with Gasteiger partial charge >= 0.3 is 11.8 Å². The number of ether oxygens (including phenoxy) is 1. The van der Waals surface area contributed by atoms with E-state index in [4.69, 9.17) is 4.74 Å². The lowest BCUT2D eigenvalue weighted by molar-refractivity contribution is -0.136. The van der Waals surface area contributed by atoms with Crippen molar-refractivity contribution in [2.24, 2.45) is 5.10 Å². The highest BCUT2D eigenvalue weighted by Crippen LogP contribution is 2.15. The number of nitrogens with zero attached hydrogens (tertiary/aromatic N) is 2. The fourth-order valence-electron chi connectivity index (χ4n) is 2.44. The SMILES string of the molecule is CCN(CC)c1ccc(/C=N/NC(=O)C(=O)Nc2ccc(OC)cc2)cc1. The van der Waals surface area contributed by atoms with Crippen LogP contribution in [0.15, 0.2) is 53.6 Å². The van der Waals surface area contributed by atoms with Gasteiger partial charge in [0.15, 0.2) is 0 Å². The predicted octanol–water partition coefficient (Wildman–Crippen LogP) is 2.63. The number of methoxy groups -OCH3 is 1. The molecule has 0 aliphatic heterocycles. The molecule has 0 heterocycles. The fraction of sp³-hybridized carbons (Fsp3) is 0.250. The van der Waals surface area contributed by atoms with Gasteiger partial charge in [0, 0.05) is 24.5 Å². The van der Waals surface area contributed by atoms with Gasteiger partial charge in [-0.2, -0.15) is 5.10 Å². The molecule has 142 valence electrons. The van der Waals surface area contributed by atoms with Gasteiger partial charge in [0.25, 0.3) is 0 Å². The number of amides is 2. The molecule has 2 N–H and O–H groups in total. The molecule has 0 fully saturated rings. The molecule has 7 nitrogen and oxygen atoms in total. The lowest BCUT2D eigenvalue weighted by atomic mass is 10.2. The number of hydrogen-bond acceptors (Lipinski definition) is 5. The number of carbonyl (C=O) groups excluding carboxylic acids is 2. The second-order valence-electron chi connectivity index (χ2n) is 5.65. The van der Waals surface area contributed by atoms with E-state index < -0.39 is 11.8 Å². The van der Waals surface area contributed by atoms with E-state index in [0.717, 1.165) is 24.3 Å². The number of carbonyl (C=O) groups is 2. The molecule has 0 atom stereocenters. The summed E-state index contributed by atoms with van der Waals surface area (Å²) in [6.45, 7) is 6.07. The van der Waals surface area contributed by atoms with Gasteiger partial charge in [-0.1, -0.05) is 12.1 Å². The summed E-state index contributed by atoms with van der Waals surface area (Å²) in [6.07, 6.45) is 1.49. The molecule has 0 bridgehead atoms. The fourth-order valence-corrected chi connectivity index (χ4v) is 2.44. The van der Waals surface area contributed by atoms with E-state index in [2.05, 4.69) is 34.6 Å². The number of rotatable bonds is 7. The summed E-state index contributed by atoms with van der Waals surface area (Å²) in [5.41, 5.74) is 4.66. The van der Waals surface area contributed by atoms with Crippen molar-refractivity contribution in [2.45, 2.75) is 13.8 Å². The summed E-state index contributed by atoms with van der Waals surface area (Å²) in [5, 5.41) is 6.32. The van der Waals surface area contributed by atoms with Crippen LogP contribution in [0.2, 0.25) is 0 Å². The normalized spacial score (nSPS) is 10.5. The van der Waals surface area contributed by atoms with E-state index >= 15 is 0 Å². The molecule has 27 heavy (non-hydrogen) atoms. The molecule has 0 aromatic heterocycles. The van der Waals surface area contributed by atoms with E-state index in [1.165, 1.54) is 6.21 Å².